The van der Waals surface area contributed by atoms with Crippen LogP contribution in [0.2, 0.25) is 0 Å². The van der Waals surface area contributed by atoms with E-state index < -0.39 is 35.7 Å². The number of thiazole rings is 1. The number of rotatable bonds is 7. The molecule has 3 aliphatic rings. The molecule has 4 atom stereocenters. The van der Waals surface area contributed by atoms with Crippen LogP contribution in [0.15, 0.2) is 18.2 Å². The smallest absolute Gasteiger partial charge is 0.387 e. The first-order chi connectivity index (χ1) is 21.5. The number of halogens is 5. The summed E-state index contributed by atoms with van der Waals surface area (Å²) in [5.74, 6) is -1.81. The SMILES string of the molecule is C[C@@H]1CN(c2nc(OC[C@@]34CCCN3C[C@H](F)C4)nc3c(F)c(-c4ccc(F)c5sc(N)nc45)c(OC(F)F)cc23)[C@@H](C)CN1. The van der Waals surface area contributed by atoms with Gasteiger partial charge in [0.05, 0.1) is 21.3 Å². The summed E-state index contributed by atoms with van der Waals surface area (Å²) >= 11 is 0.858. The molecule has 9 nitrogen and oxygen atoms in total. The molecule has 3 saturated heterocycles. The molecule has 0 spiro atoms. The first-order valence-electron chi connectivity index (χ1n) is 14.9. The third-order valence-corrected chi connectivity index (χ3v) is 10.0. The van der Waals surface area contributed by atoms with Crippen molar-refractivity contribution in [1.82, 2.24) is 25.2 Å². The maximum atomic E-state index is 16.9. The van der Waals surface area contributed by atoms with E-state index in [0.29, 0.717) is 26.1 Å². The molecule has 2 aromatic carbocycles. The molecule has 3 N–H and O–H groups in total. The number of nitrogen functional groups attached to an aromatic ring is 1. The number of hydrogen-bond acceptors (Lipinski definition) is 10. The molecule has 45 heavy (non-hydrogen) atoms. The van der Waals surface area contributed by atoms with Crippen LogP contribution in [0.25, 0.3) is 32.2 Å². The van der Waals surface area contributed by atoms with Crippen LogP contribution in [0.5, 0.6) is 11.8 Å². The van der Waals surface area contributed by atoms with Crippen LogP contribution in [0.3, 0.4) is 0 Å². The molecular formula is C30H32F5N7O2S. The van der Waals surface area contributed by atoms with Gasteiger partial charge in [-0.15, -0.1) is 0 Å². The molecule has 0 aliphatic carbocycles. The number of anilines is 2. The molecule has 0 unspecified atom stereocenters. The van der Waals surface area contributed by atoms with Gasteiger partial charge in [0.2, 0.25) is 0 Å². The zero-order valence-corrected chi connectivity index (χ0v) is 25.4. The Labute approximate surface area is 259 Å². The van der Waals surface area contributed by atoms with Crippen molar-refractivity contribution in [3.8, 4) is 22.9 Å². The molecule has 0 radical (unpaired) electrons. The Morgan fingerprint density at radius 1 is 1.16 bits per heavy atom. The van der Waals surface area contributed by atoms with E-state index in [0.717, 1.165) is 36.8 Å². The van der Waals surface area contributed by atoms with Crippen LogP contribution in [-0.4, -0.2) is 83.0 Å². The van der Waals surface area contributed by atoms with Gasteiger partial charge < -0.3 is 25.4 Å². The molecule has 7 rings (SSSR count). The molecule has 15 heteroatoms. The first-order valence-corrected chi connectivity index (χ1v) is 15.7. The van der Waals surface area contributed by atoms with Gasteiger partial charge in [-0.3, -0.25) is 4.90 Å². The molecule has 0 saturated carbocycles. The van der Waals surface area contributed by atoms with Crippen molar-refractivity contribution < 1.29 is 31.4 Å². The van der Waals surface area contributed by atoms with Crippen LogP contribution < -0.4 is 25.4 Å². The van der Waals surface area contributed by atoms with Gasteiger partial charge in [-0.2, -0.15) is 18.7 Å². The average molecular weight is 650 g/mol. The lowest BCUT2D eigenvalue weighted by atomic mass is 9.95. The summed E-state index contributed by atoms with van der Waals surface area (Å²) in [6.45, 7) is 2.96. The molecule has 3 aliphatic heterocycles. The Balaban J connectivity index is 1.42. The second-order valence-corrected chi connectivity index (χ2v) is 13.2. The highest BCUT2D eigenvalue weighted by Gasteiger charge is 2.49. The number of nitrogens with zero attached hydrogens (tertiary/aromatic N) is 5. The lowest BCUT2D eigenvalue weighted by Gasteiger charge is -2.39. The van der Waals surface area contributed by atoms with E-state index in [-0.39, 0.29) is 67.9 Å². The fourth-order valence-corrected chi connectivity index (χ4v) is 7.81. The summed E-state index contributed by atoms with van der Waals surface area (Å²) in [4.78, 5) is 17.4. The number of alkyl halides is 3. The summed E-state index contributed by atoms with van der Waals surface area (Å²) < 4.78 is 84.7. The minimum absolute atomic E-state index is 0.00704. The van der Waals surface area contributed by atoms with Crippen molar-refractivity contribution >= 4 is 43.4 Å². The van der Waals surface area contributed by atoms with Crippen molar-refractivity contribution in [3.63, 3.8) is 0 Å². The number of ether oxygens (including phenoxy) is 2. The maximum Gasteiger partial charge on any atom is 0.387 e. The van der Waals surface area contributed by atoms with Crippen molar-refractivity contribution in [2.24, 2.45) is 0 Å². The normalized spacial score (nSPS) is 25.5. The predicted octanol–water partition coefficient (Wildman–Crippen LogP) is 5.51. The second kappa shape index (κ2) is 11.4. The maximum absolute atomic E-state index is 16.9. The summed E-state index contributed by atoms with van der Waals surface area (Å²) in [5, 5.41) is 3.55. The van der Waals surface area contributed by atoms with Crippen LogP contribution in [-0.2, 0) is 0 Å². The molecule has 0 bridgehead atoms. The molecule has 240 valence electrons. The van der Waals surface area contributed by atoms with E-state index in [9.17, 15) is 17.6 Å². The monoisotopic (exact) mass is 649 g/mol. The number of piperazine rings is 1. The number of benzene rings is 2. The lowest BCUT2D eigenvalue weighted by molar-refractivity contribution is -0.0494. The van der Waals surface area contributed by atoms with Gasteiger partial charge >= 0.3 is 12.6 Å². The van der Waals surface area contributed by atoms with Crippen molar-refractivity contribution in [1.29, 1.82) is 0 Å². The number of fused-ring (bicyclic) bond motifs is 3. The molecular weight excluding hydrogens is 617 g/mol. The third-order valence-electron chi connectivity index (χ3n) is 9.12. The fourth-order valence-electron chi connectivity index (χ4n) is 7.05. The Hall–Kier alpha value is -3.56. The zero-order valence-electron chi connectivity index (χ0n) is 24.6. The van der Waals surface area contributed by atoms with E-state index in [4.69, 9.17) is 20.2 Å². The van der Waals surface area contributed by atoms with Gasteiger partial charge in [0.15, 0.2) is 10.9 Å². The van der Waals surface area contributed by atoms with E-state index in [1.165, 1.54) is 12.1 Å². The van der Waals surface area contributed by atoms with Gasteiger partial charge in [-0.1, -0.05) is 11.3 Å². The average Bonchev–Trinajstić information content (AvgIpc) is 3.65. The van der Waals surface area contributed by atoms with Gasteiger partial charge in [0.25, 0.3) is 0 Å². The zero-order chi connectivity index (χ0) is 31.6. The van der Waals surface area contributed by atoms with Crippen LogP contribution in [0.1, 0.15) is 33.1 Å². The lowest BCUT2D eigenvalue weighted by Crippen LogP contribution is -2.54. The van der Waals surface area contributed by atoms with Gasteiger partial charge in [0, 0.05) is 49.1 Å². The molecule has 4 aromatic rings. The molecule has 5 heterocycles. The number of nitrogens with two attached hydrogens (primary N) is 1. The summed E-state index contributed by atoms with van der Waals surface area (Å²) in [7, 11) is 0. The third kappa shape index (κ3) is 5.27. The number of hydrogen-bond donors (Lipinski definition) is 2. The number of aromatic nitrogens is 3. The Bertz CT molecular complexity index is 1780. The van der Waals surface area contributed by atoms with E-state index in [1.807, 2.05) is 18.7 Å². The highest BCUT2D eigenvalue weighted by Crippen LogP contribution is 2.45. The summed E-state index contributed by atoms with van der Waals surface area (Å²) in [6, 6.07) is 3.46. The van der Waals surface area contributed by atoms with Gasteiger partial charge in [-0.25, -0.2) is 18.2 Å². The van der Waals surface area contributed by atoms with E-state index >= 15 is 4.39 Å². The van der Waals surface area contributed by atoms with Crippen molar-refractivity contribution in [2.45, 2.75) is 63.5 Å². The Morgan fingerprint density at radius 2 is 1.98 bits per heavy atom. The highest BCUT2D eigenvalue weighted by molar-refractivity contribution is 7.22. The quantitative estimate of drug-likeness (QED) is 0.251. The molecule has 3 fully saturated rings. The second-order valence-electron chi connectivity index (χ2n) is 12.2. The molecule has 2 aromatic heterocycles. The van der Waals surface area contributed by atoms with Crippen molar-refractivity contribution in [3.05, 3.63) is 29.8 Å². The van der Waals surface area contributed by atoms with E-state index in [2.05, 4.69) is 20.2 Å². The Morgan fingerprint density at radius 3 is 2.78 bits per heavy atom. The van der Waals surface area contributed by atoms with Crippen LogP contribution in [0, 0.1) is 11.6 Å². The largest absolute Gasteiger partial charge is 0.461 e. The summed E-state index contributed by atoms with van der Waals surface area (Å²) in [6.07, 6.45) is 1.02. The summed E-state index contributed by atoms with van der Waals surface area (Å²) in [5.41, 5.74) is 4.81. The van der Waals surface area contributed by atoms with Gasteiger partial charge in [-0.05, 0) is 51.4 Å². The Kier molecular flexibility index (Phi) is 7.60. The van der Waals surface area contributed by atoms with Crippen LogP contribution in [0.4, 0.5) is 32.9 Å². The molecule has 0 amide bonds. The van der Waals surface area contributed by atoms with Gasteiger partial charge in [0.1, 0.15) is 35.7 Å². The first kappa shape index (κ1) is 30.1. The predicted molar refractivity (Wildman–Crippen MR) is 162 cm³/mol. The van der Waals surface area contributed by atoms with E-state index in [1.54, 1.807) is 0 Å². The number of nitrogens with one attached hydrogen (secondary N) is 1. The van der Waals surface area contributed by atoms with Crippen LogP contribution >= 0.6 is 11.3 Å². The standard InChI is InChI=1S/C30H32F5N7O2S/c1-14-11-42(15(2)10-37-14)26-18-8-20(44-27(34)35)21(17-4-5-19(32)25-24(17)38-28(36)45-25)22(33)23(18)39-29(40-26)43-13-30-6-3-7-41(30)12-16(31)9-30/h4-5,8,14-16,27,37H,3,6-7,9-13H2,1-2H3,(H2,36,38)/t14-,15+,16-,30+/m1/s1. The highest BCUT2D eigenvalue weighted by atomic mass is 32.1. The van der Waals surface area contributed by atoms with Crippen molar-refractivity contribution in [2.75, 3.05) is 43.4 Å². The minimum Gasteiger partial charge on any atom is -0.461 e. The minimum atomic E-state index is -3.29. The topological polar surface area (TPSA) is 102 Å². The fraction of sp³-hybridized carbons (Fsp3) is 0.500.